The second-order valence-electron chi connectivity index (χ2n) is 4.82. The lowest BCUT2D eigenvalue weighted by atomic mass is 9.99. The van der Waals surface area contributed by atoms with Gasteiger partial charge in [0.1, 0.15) is 0 Å². The molecule has 0 amide bonds. The molecule has 1 N–H and O–H groups in total. The third-order valence-corrected chi connectivity index (χ3v) is 4.44. The van der Waals surface area contributed by atoms with E-state index in [1.807, 2.05) is 11.3 Å². The Morgan fingerprint density at radius 2 is 1.89 bits per heavy atom. The van der Waals surface area contributed by atoms with Crippen molar-refractivity contribution in [2.45, 2.75) is 39.2 Å². The number of benzene rings is 1. The van der Waals surface area contributed by atoms with Crippen LogP contribution < -0.4 is 5.32 Å². The highest BCUT2D eigenvalue weighted by molar-refractivity contribution is 7.09. The summed E-state index contributed by atoms with van der Waals surface area (Å²) in [4.78, 5) is 1.48. The molecule has 0 radical (unpaired) electrons. The van der Waals surface area contributed by atoms with Gasteiger partial charge in [-0.2, -0.15) is 0 Å². The van der Waals surface area contributed by atoms with Gasteiger partial charge >= 0.3 is 0 Å². The number of thiophene rings is 1. The quantitative estimate of drug-likeness (QED) is 0.777. The van der Waals surface area contributed by atoms with Crippen molar-refractivity contribution in [1.82, 2.24) is 5.32 Å². The number of hydrogen-bond donors (Lipinski definition) is 1. The molecule has 1 atom stereocenters. The first-order valence-electron chi connectivity index (χ1n) is 7.18. The fourth-order valence-electron chi connectivity index (χ4n) is 2.36. The van der Waals surface area contributed by atoms with Gasteiger partial charge in [-0.3, -0.25) is 0 Å². The molecule has 2 heteroatoms. The van der Waals surface area contributed by atoms with Crippen LogP contribution in [0.5, 0.6) is 0 Å². The van der Waals surface area contributed by atoms with E-state index in [2.05, 4.69) is 60.9 Å². The molecule has 0 fully saturated rings. The van der Waals surface area contributed by atoms with E-state index in [0.29, 0.717) is 6.04 Å². The molecule has 0 bridgehead atoms. The molecule has 102 valence electrons. The minimum Gasteiger partial charge on any atom is -0.310 e. The van der Waals surface area contributed by atoms with Crippen LogP contribution in [0.1, 0.15) is 42.3 Å². The Hall–Kier alpha value is -1.12. The maximum Gasteiger partial charge on any atom is 0.0323 e. The lowest BCUT2D eigenvalue weighted by Gasteiger charge is -2.18. The van der Waals surface area contributed by atoms with Gasteiger partial charge in [0.2, 0.25) is 0 Å². The normalized spacial score (nSPS) is 12.5. The highest BCUT2D eigenvalue weighted by Crippen LogP contribution is 2.21. The Bertz CT molecular complexity index is 459. The van der Waals surface area contributed by atoms with E-state index in [0.717, 1.165) is 19.4 Å². The first kappa shape index (κ1) is 14.3. The molecular formula is C17H23NS. The maximum atomic E-state index is 3.60. The van der Waals surface area contributed by atoms with E-state index in [-0.39, 0.29) is 0 Å². The molecule has 19 heavy (non-hydrogen) atoms. The number of nitrogens with one attached hydrogen (secondary N) is 1. The van der Waals surface area contributed by atoms with Crippen LogP contribution in [0.4, 0.5) is 0 Å². The molecule has 1 unspecified atom stereocenters. The smallest absolute Gasteiger partial charge is 0.0323 e. The molecular weight excluding hydrogens is 250 g/mol. The molecule has 0 saturated heterocycles. The van der Waals surface area contributed by atoms with Gasteiger partial charge < -0.3 is 5.32 Å². The third kappa shape index (κ3) is 4.19. The average molecular weight is 273 g/mol. The van der Waals surface area contributed by atoms with Crippen LogP contribution in [-0.2, 0) is 12.8 Å². The Morgan fingerprint density at radius 3 is 2.47 bits per heavy atom. The van der Waals surface area contributed by atoms with Gasteiger partial charge in [-0.15, -0.1) is 11.3 Å². The van der Waals surface area contributed by atoms with Gasteiger partial charge in [0.05, 0.1) is 0 Å². The second kappa shape index (κ2) is 7.46. The van der Waals surface area contributed by atoms with Crippen molar-refractivity contribution in [3.8, 4) is 0 Å². The first-order chi connectivity index (χ1) is 9.33. The standard InChI is InChI=1S/C17H23NS/c1-3-14-7-9-15(10-8-14)17(18-4-2)12-11-16-6-5-13-19-16/h5-10,13,17-18H,3-4,11-12H2,1-2H3. The molecule has 1 heterocycles. The van der Waals surface area contributed by atoms with Crippen LogP contribution in [-0.4, -0.2) is 6.54 Å². The van der Waals surface area contributed by atoms with Crippen LogP contribution >= 0.6 is 11.3 Å². The first-order valence-corrected chi connectivity index (χ1v) is 8.06. The molecule has 1 aromatic heterocycles. The average Bonchev–Trinajstić information content (AvgIpc) is 2.97. The van der Waals surface area contributed by atoms with Crippen molar-refractivity contribution >= 4 is 11.3 Å². The van der Waals surface area contributed by atoms with E-state index < -0.39 is 0 Å². The summed E-state index contributed by atoms with van der Waals surface area (Å²) in [6, 6.07) is 13.9. The lowest BCUT2D eigenvalue weighted by Crippen LogP contribution is -2.21. The SMILES string of the molecule is CCNC(CCc1cccs1)c1ccc(CC)cc1. The van der Waals surface area contributed by atoms with Crippen LogP contribution in [0, 0.1) is 0 Å². The van der Waals surface area contributed by atoms with E-state index in [1.165, 1.54) is 22.4 Å². The zero-order valence-corrected chi connectivity index (χ0v) is 12.7. The zero-order chi connectivity index (χ0) is 13.5. The van der Waals surface area contributed by atoms with Crippen molar-refractivity contribution in [3.63, 3.8) is 0 Å². The van der Waals surface area contributed by atoms with E-state index in [4.69, 9.17) is 0 Å². The van der Waals surface area contributed by atoms with Gasteiger partial charge in [-0.25, -0.2) is 0 Å². The summed E-state index contributed by atoms with van der Waals surface area (Å²) in [5, 5.41) is 5.76. The van der Waals surface area contributed by atoms with Crippen molar-refractivity contribution in [2.24, 2.45) is 0 Å². The summed E-state index contributed by atoms with van der Waals surface area (Å²) in [6.45, 7) is 5.40. The van der Waals surface area contributed by atoms with E-state index in [9.17, 15) is 0 Å². The highest BCUT2D eigenvalue weighted by atomic mass is 32.1. The molecule has 0 aliphatic heterocycles. The van der Waals surface area contributed by atoms with Gasteiger partial charge in [0.15, 0.2) is 0 Å². The summed E-state index contributed by atoms with van der Waals surface area (Å²) in [5.74, 6) is 0. The van der Waals surface area contributed by atoms with E-state index >= 15 is 0 Å². The number of rotatable bonds is 7. The van der Waals surface area contributed by atoms with Gasteiger partial charge in [0, 0.05) is 10.9 Å². The molecule has 1 aromatic carbocycles. The summed E-state index contributed by atoms with van der Waals surface area (Å²) in [5.41, 5.74) is 2.83. The predicted octanol–water partition coefficient (Wildman–Crippen LogP) is 4.59. The van der Waals surface area contributed by atoms with Gasteiger partial charge in [-0.1, -0.05) is 44.2 Å². The minimum absolute atomic E-state index is 0.470. The molecule has 2 rings (SSSR count). The van der Waals surface area contributed by atoms with Gasteiger partial charge in [-0.05, 0) is 48.4 Å². The molecule has 1 nitrogen and oxygen atoms in total. The highest BCUT2D eigenvalue weighted by Gasteiger charge is 2.10. The Balaban J connectivity index is 2.01. The van der Waals surface area contributed by atoms with Gasteiger partial charge in [0.25, 0.3) is 0 Å². The zero-order valence-electron chi connectivity index (χ0n) is 11.9. The monoisotopic (exact) mass is 273 g/mol. The number of aryl methyl sites for hydroxylation is 2. The molecule has 0 saturated carbocycles. The predicted molar refractivity (Wildman–Crippen MR) is 84.9 cm³/mol. The molecule has 0 aliphatic rings. The van der Waals surface area contributed by atoms with E-state index in [1.54, 1.807) is 0 Å². The number of hydrogen-bond acceptors (Lipinski definition) is 2. The Kier molecular flexibility index (Phi) is 5.62. The fourth-order valence-corrected chi connectivity index (χ4v) is 3.08. The van der Waals surface area contributed by atoms with Crippen molar-refractivity contribution in [3.05, 3.63) is 57.8 Å². The Labute approximate surface area is 120 Å². The topological polar surface area (TPSA) is 12.0 Å². The summed E-state index contributed by atoms with van der Waals surface area (Å²) in [7, 11) is 0. The fraction of sp³-hybridized carbons (Fsp3) is 0.412. The second-order valence-corrected chi connectivity index (χ2v) is 5.86. The minimum atomic E-state index is 0.470. The Morgan fingerprint density at radius 1 is 1.11 bits per heavy atom. The molecule has 0 aliphatic carbocycles. The van der Waals surface area contributed by atoms with Crippen molar-refractivity contribution in [2.75, 3.05) is 6.54 Å². The van der Waals surface area contributed by atoms with Crippen molar-refractivity contribution in [1.29, 1.82) is 0 Å². The van der Waals surface area contributed by atoms with Crippen molar-refractivity contribution < 1.29 is 0 Å². The van der Waals surface area contributed by atoms with Crippen LogP contribution in [0.3, 0.4) is 0 Å². The summed E-state index contributed by atoms with van der Waals surface area (Å²) in [6.07, 6.45) is 3.44. The maximum absolute atomic E-state index is 3.60. The van der Waals surface area contributed by atoms with Crippen LogP contribution in [0.25, 0.3) is 0 Å². The molecule has 2 aromatic rings. The van der Waals surface area contributed by atoms with Crippen LogP contribution in [0.2, 0.25) is 0 Å². The summed E-state index contributed by atoms with van der Waals surface area (Å²) < 4.78 is 0. The summed E-state index contributed by atoms with van der Waals surface area (Å²) >= 11 is 1.86. The van der Waals surface area contributed by atoms with Crippen LogP contribution in [0.15, 0.2) is 41.8 Å². The largest absolute Gasteiger partial charge is 0.310 e. The molecule has 0 spiro atoms. The third-order valence-electron chi connectivity index (χ3n) is 3.50. The lowest BCUT2D eigenvalue weighted by molar-refractivity contribution is 0.517.